The van der Waals surface area contributed by atoms with Crippen molar-refractivity contribution < 1.29 is 14.7 Å². The van der Waals surface area contributed by atoms with Crippen LogP contribution in [0.15, 0.2) is 17.5 Å². The van der Waals surface area contributed by atoms with Crippen LogP contribution in [0.5, 0.6) is 0 Å². The zero-order valence-electron chi connectivity index (χ0n) is 10.3. The summed E-state index contributed by atoms with van der Waals surface area (Å²) >= 11 is 1.56. The second-order valence-electron chi connectivity index (χ2n) is 4.67. The Hall–Kier alpha value is -1.36. The maximum absolute atomic E-state index is 12.2. The normalized spacial score (nSPS) is 23.9. The first kappa shape index (κ1) is 13.1. The number of carboxylic acid groups (broad SMARTS) is 1. The number of piperidine rings is 1. The van der Waals surface area contributed by atoms with Gasteiger partial charge in [-0.2, -0.15) is 0 Å². The van der Waals surface area contributed by atoms with Gasteiger partial charge in [0.2, 0.25) is 5.91 Å². The average Bonchev–Trinajstić information content (AvgIpc) is 2.81. The van der Waals surface area contributed by atoms with E-state index in [-0.39, 0.29) is 11.9 Å². The Balaban J connectivity index is 2.03. The highest BCUT2D eigenvalue weighted by atomic mass is 32.1. The van der Waals surface area contributed by atoms with Crippen LogP contribution in [0.25, 0.3) is 0 Å². The number of amides is 1. The predicted octanol–water partition coefficient (Wildman–Crippen LogP) is 2.00. The molecule has 1 aromatic heterocycles. The van der Waals surface area contributed by atoms with Gasteiger partial charge in [-0.15, -0.1) is 11.3 Å². The van der Waals surface area contributed by atoms with E-state index in [1.165, 1.54) is 0 Å². The first-order valence-corrected chi connectivity index (χ1v) is 7.02. The SMILES string of the molecule is C[C@@H]1[C@H](C(=O)O)CCCN1C(=O)Cc1cccs1. The van der Waals surface area contributed by atoms with Crippen molar-refractivity contribution in [1.82, 2.24) is 4.90 Å². The number of aliphatic carboxylic acids is 1. The van der Waals surface area contributed by atoms with Gasteiger partial charge in [0.15, 0.2) is 0 Å². The molecule has 1 aliphatic heterocycles. The van der Waals surface area contributed by atoms with E-state index in [0.717, 1.165) is 11.3 Å². The van der Waals surface area contributed by atoms with Gasteiger partial charge < -0.3 is 10.0 Å². The van der Waals surface area contributed by atoms with Crippen molar-refractivity contribution in [2.24, 2.45) is 5.92 Å². The molecule has 1 fully saturated rings. The summed E-state index contributed by atoms with van der Waals surface area (Å²) < 4.78 is 0. The van der Waals surface area contributed by atoms with E-state index in [4.69, 9.17) is 5.11 Å². The van der Waals surface area contributed by atoms with Crippen molar-refractivity contribution in [3.05, 3.63) is 22.4 Å². The van der Waals surface area contributed by atoms with Crippen LogP contribution in [0.4, 0.5) is 0 Å². The molecule has 0 saturated carbocycles. The third-order valence-electron chi connectivity index (χ3n) is 3.53. The Bertz CT molecular complexity index is 429. The van der Waals surface area contributed by atoms with Crippen LogP contribution >= 0.6 is 11.3 Å². The van der Waals surface area contributed by atoms with Gasteiger partial charge in [0.1, 0.15) is 0 Å². The smallest absolute Gasteiger partial charge is 0.308 e. The summed E-state index contributed by atoms with van der Waals surface area (Å²) in [5, 5.41) is 11.1. The molecule has 1 aliphatic rings. The Labute approximate surface area is 110 Å². The van der Waals surface area contributed by atoms with Crippen LogP contribution in [-0.4, -0.2) is 34.5 Å². The third kappa shape index (κ3) is 2.72. The topological polar surface area (TPSA) is 57.6 Å². The van der Waals surface area contributed by atoms with Crippen LogP contribution < -0.4 is 0 Å². The summed E-state index contributed by atoms with van der Waals surface area (Å²) in [6.07, 6.45) is 1.82. The molecule has 18 heavy (non-hydrogen) atoms. The van der Waals surface area contributed by atoms with Crippen molar-refractivity contribution >= 4 is 23.2 Å². The lowest BCUT2D eigenvalue weighted by molar-refractivity contribution is -0.148. The molecular formula is C13H17NO3S. The minimum absolute atomic E-state index is 0.0379. The predicted molar refractivity (Wildman–Crippen MR) is 69.6 cm³/mol. The Morgan fingerprint density at radius 3 is 2.94 bits per heavy atom. The number of rotatable bonds is 3. The van der Waals surface area contributed by atoms with Crippen molar-refractivity contribution in [3.8, 4) is 0 Å². The summed E-state index contributed by atoms with van der Waals surface area (Å²) in [6.45, 7) is 2.51. The number of thiophene rings is 1. The molecule has 0 aromatic carbocycles. The van der Waals surface area contributed by atoms with Crippen LogP contribution in [0.1, 0.15) is 24.6 Å². The quantitative estimate of drug-likeness (QED) is 0.911. The minimum Gasteiger partial charge on any atom is -0.481 e. The fourth-order valence-corrected chi connectivity index (χ4v) is 3.18. The summed E-state index contributed by atoms with van der Waals surface area (Å²) in [5.74, 6) is -1.18. The van der Waals surface area contributed by atoms with Gasteiger partial charge in [0, 0.05) is 17.5 Å². The molecule has 0 spiro atoms. The molecule has 4 nitrogen and oxygen atoms in total. The van der Waals surface area contributed by atoms with Crippen LogP contribution in [-0.2, 0) is 16.0 Å². The highest BCUT2D eigenvalue weighted by Gasteiger charge is 2.35. The number of hydrogen-bond donors (Lipinski definition) is 1. The van der Waals surface area contributed by atoms with Gasteiger partial charge in [0.05, 0.1) is 12.3 Å². The average molecular weight is 267 g/mol. The molecule has 1 N–H and O–H groups in total. The van der Waals surface area contributed by atoms with Gasteiger partial charge in [-0.25, -0.2) is 0 Å². The standard InChI is InChI=1S/C13H17NO3S/c1-9-11(13(16)17)5-2-6-14(9)12(15)8-10-4-3-7-18-10/h3-4,7,9,11H,2,5-6,8H2,1H3,(H,16,17)/t9-,11-/m1/s1. The van der Waals surface area contributed by atoms with Gasteiger partial charge in [-0.3, -0.25) is 9.59 Å². The molecular weight excluding hydrogens is 250 g/mol. The number of carboxylic acids is 1. The molecule has 2 atom stereocenters. The van der Waals surface area contributed by atoms with Gasteiger partial charge in [0.25, 0.3) is 0 Å². The lowest BCUT2D eigenvalue weighted by Gasteiger charge is -2.37. The lowest BCUT2D eigenvalue weighted by Crippen LogP contribution is -2.49. The molecule has 0 radical (unpaired) electrons. The second kappa shape index (κ2) is 5.52. The maximum Gasteiger partial charge on any atom is 0.308 e. The fourth-order valence-electron chi connectivity index (χ4n) is 2.49. The Morgan fingerprint density at radius 2 is 2.33 bits per heavy atom. The van der Waals surface area contributed by atoms with E-state index in [9.17, 15) is 9.59 Å². The van der Waals surface area contributed by atoms with Crippen LogP contribution in [0.2, 0.25) is 0 Å². The lowest BCUT2D eigenvalue weighted by atomic mass is 9.90. The molecule has 2 rings (SSSR count). The van der Waals surface area contributed by atoms with E-state index >= 15 is 0 Å². The van der Waals surface area contributed by atoms with E-state index in [1.54, 1.807) is 16.2 Å². The molecule has 98 valence electrons. The van der Waals surface area contributed by atoms with E-state index in [1.807, 2.05) is 24.4 Å². The largest absolute Gasteiger partial charge is 0.481 e. The van der Waals surface area contributed by atoms with Crippen molar-refractivity contribution in [1.29, 1.82) is 0 Å². The Morgan fingerprint density at radius 1 is 1.56 bits per heavy atom. The zero-order chi connectivity index (χ0) is 13.1. The first-order chi connectivity index (χ1) is 8.59. The molecule has 1 saturated heterocycles. The molecule has 1 aromatic rings. The van der Waals surface area contributed by atoms with Crippen molar-refractivity contribution in [2.75, 3.05) is 6.54 Å². The molecule has 2 heterocycles. The number of carbonyl (C=O) groups excluding carboxylic acids is 1. The van der Waals surface area contributed by atoms with Crippen LogP contribution in [0, 0.1) is 5.92 Å². The van der Waals surface area contributed by atoms with Gasteiger partial charge in [-0.1, -0.05) is 6.07 Å². The summed E-state index contributed by atoms with van der Waals surface area (Å²) in [6, 6.07) is 3.66. The summed E-state index contributed by atoms with van der Waals surface area (Å²) in [4.78, 5) is 26.1. The van der Waals surface area contributed by atoms with Crippen molar-refractivity contribution in [2.45, 2.75) is 32.2 Å². The Kier molecular flexibility index (Phi) is 4.01. The molecule has 0 unspecified atom stereocenters. The van der Waals surface area contributed by atoms with E-state index in [2.05, 4.69) is 0 Å². The fraction of sp³-hybridized carbons (Fsp3) is 0.538. The van der Waals surface area contributed by atoms with E-state index in [0.29, 0.717) is 19.4 Å². The second-order valence-corrected chi connectivity index (χ2v) is 5.70. The third-order valence-corrected chi connectivity index (χ3v) is 4.41. The molecule has 0 bridgehead atoms. The molecule has 1 amide bonds. The van der Waals surface area contributed by atoms with Crippen molar-refractivity contribution in [3.63, 3.8) is 0 Å². The minimum atomic E-state index is -0.795. The summed E-state index contributed by atoms with van der Waals surface area (Å²) in [5.41, 5.74) is 0. The van der Waals surface area contributed by atoms with Crippen LogP contribution in [0.3, 0.4) is 0 Å². The number of hydrogen-bond acceptors (Lipinski definition) is 3. The van der Waals surface area contributed by atoms with Gasteiger partial charge >= 0.3 is 5.97 Å². The molecule has 5 heteroatoms. The first-order valence-electron chi connectivity index (χ1n) is 6.14. The number of carbonyl (C=O) groups is 2. The summed E-state index contributed by atoms with van der Waals surface area (Å²) in [7, 11) is 0. The highest BCUT2D eigenvalue weighted by Crippen LogP contribution is 2.24. The van der Waals surface area contributed by atoms with E-state index < -0.39 is 11.9 Å². The zero-order valence-corrected chi connectivity index (χ0v) is 11.2. The van der Waals surface area contributed by atoms with Gasteiger partial charge in [-0.05, 0) is 31.2 Å². The highest BCUT2D eigenvalue weighted by molar-refractivity contribution is 7.10. The monoisotopic (exact) mass is 267 g/mol. The number of nitrogens with zero attached hydrogens (tertiary/aromatic N) is 1. The maximum atomic E-state index is 12.2. The number of likely N-dealkylation sites (tertiary alicyclic amines) is 1. The molecule has 0 aliphatic carbocycles.